The topological polar surface area (TPSA) is 80.7 Å². The van der Waals surface area contributed by atoms with Crippen molar-refractivity contribution in [3.8, 4) is 0 Å². The minimum atomic E-state index is -3.33. The highest BCUT2D eigenvalue weighted by molar-refractivity contribution is 7.91. The summed E-state index contributed by atoms with van der Waals surface area (Å²) in [4.78, 5) is 11.3. The highest BCUT2D eigenvalue weighted by Gasteiger charge is 2.48. The van der Waals surface area contributed by atoms with E-state index >= 15 is 0 Å². The van der Waals surface area contributed by atoms with E-state index in [2.05, 4.69) is 0 Å². The Morgan fingerprint density at radius 2 is 2.19 bits per heavy atom. The Hall–Kier alpha value is -0.620. The molecule has 1 aliphatic carbocycles. The van der Waals surface area contributed by atoms with Crippen LogP contribution in [0.1, 0.15) is 32.6 Å². The molecular formula is C10H18O5S. The fourth-order valence-electron chi connectivity index (χ4n) is 2.30. The van der Waals surface area contributed by atoms with E-state index in [4.69, 9.17) is 4.74 Å². The van der Waals surface area contributed by atoms with Crippen LogP contribution in [0, 0.1) is 0 Å². The van der Waals surface area contributed by atoms with Gasteiger partial charge in [0, 0.05) is 6.26 Å². The quantitative estimate of drug-likeness (QED) is 0.724. The van der Waals surface area contributed by atoms with Gasteiger partial charge in [0.25, 0.3) is 0 Å². The Morgan fingerprint density at radius 1 is 1.56 bits per heavy atom. The Bertz CT molecular complexity index is 361. The summed E-state index contributed by atoms with van der Waals surface area (Å²) in [6.45, 7) is 1.91. The van der Waals surface area contributed by atoms with Crippen LogP contribution in [-0.2, 0) is 19.4 Å². The largest absolute Gasteiger partial charge is 0.466 e. The van der Waals surface area contributed by atoms with Gasteiger partial charge in [0.05, 0.1) is 23.9 Å². The molecule has 0 aliphatic heterocycles. The Balaban J connectivity index is 2.79. The molecule has 1 rings (SSSR count). The number of rotatable bonds is 4. The maximum Gasteiger partial charge on any atom is 0.308 e. The minimum absolute atomic E-state index is 0.235. The maximum absolute atomic E-state index is 11.5. The molecule has 0 aromatic carbocycles. The van der Waals surface area contributed by atoms with Gasteiger partial charge in [-0.2, -0.15) is 0 Å². The smallest absolute Gasteiger partial charge is 0.308 e. The standard InChI is InChI=1S/C10H18O5S/c1-3-15-9(11)7-10(12)6-4-5-8(10)16(2,13)14/h8,12H,3-7H2,1-2H3. The summed E-state index contributed by atoms with van der Waals surface area (Å²) in [7, 11) is -3.33. The minimum Gasteiger partial charge on any atom is -0.466 e. The summed E-state index contributed by atoms with van der Waals surface area (Å²) in [5.74, 6) is -0.541. The Labute approximate surface area is 95.7 Å². The van der Waals surface area contributed by atoms with Crippen molar-refractivity contribution >= 4 is 15.8 Å². The zero-order valence-corrected chi connectivity index (χ0v) is 10.4. The third kappa shape index (κ3) is 2.95. The number of hydrogen-bond donors (Lipinski definition) is 1. The van der Waals surface area contributed by atoms with Crippen molar-refractivity contribution in [3.05, 3.63) is 0 Å². The van der Waals surface area contributed by atoms with Gasteiger partial charge in [0.2, 0.25) is 0 Å². The van der Waals surface area contributed by atoms with Crippen LogP contribution in [0.4, 0.5) is 0 Å². The fourth-order valence-corrected chi connectivity index (χ4v) is 3.89. The SMILES string of the molecule is CCOC(=O)CC1(O)CCCC1S(C)(=O)=O. The van der Waals surface area contributed by atoms with E-state index in [1.165, 1.54) is 0 Å². The van der Waals surface area contributed by atoms with Gasteiger partial charge in [-0.25, -0.2) is 8.42 Å². The van der Waals surface area contributed by atoms with Crippen molar-refractivity contribution < 1.29 is 23.1 Å². The molecular weight excluding hydrogens is 232 g/mol. The van der Waals surface area contributed by atoms with Crippen molar-refractivity contribution in [2.75, 3.05) is 12.9 Å². The lowest BCUT2D eigenvalue weighted by Gasteiger charge is -2.27. The molecule has 2 atom stereocenters. The number of hydrogen-bond acceptors (Lipinski definition) is 5. The highest BCUT2D eigenvalue weighted by Crippen LogP contribution is 2.37. The van der Waals surface area contributed by atoms with Crippen LogP contribution in [-0.4, -0.2) is 43.2 Å². The third-order valence-corrected chi connectivity index (χ3v) is 4.66. The lowest BCUT2D eigenvalue weighted by atomic mass is 9.98. The van der Waals surface area contributed by atoms with Crippen LogP contribution >= 0.6 is 0 Å². The summed E-state index contributed by atoms with van der Waals surface area (Å²) in [6, 6.07) is 0. The first-order chi connectivity index (χ1) is 7.29. The molecule has 16 heavy (non-hydrogen) atoms. The molecule has 0 spiro atoms. The van der Waals surface area contributed by atoms with Gasteiger partial charge >= 0.3 is 5.97 Å². The van der Waals surface area contributed by atoms with E-state index in [1.54, 1.807) is 6.92 Å². The normalized spacial score (nSPS) is 30.3. The fraction of sp³-hybridized carbons (Fsp3) is 0.900. The van der Waals surface area contributed by atoms with E-state index in [0.29, 0.717) is 19.3 Å². The molecule has 5 nitrogen and oxygen atoms in total. The van der Waals surface area contributed by atoms with Crippen LogP contribution in [0.25, 0.3) is 0 Å². The second kappa shape index (κ2) is 4.71. The molecule has 1 saturated carbocycles. The van der Waals surface area contributed by atoms with E-state index in [-0.39, 0.29) is 13.0 Å². The summed E-state index contributed by atoms with van der Waals surface area (Å²) in [5, 5.41) is 9.36. The second-order valence-corrected chi connectivity index (χ2v) is 6.52. The zero-order chi connectivity index (χ0) is 12.4. The van der Waals surface area contributed by atoms with Crippen LogP contribution in [0.5, 0.6) is 0 Å². The first-order valence-corrected chi connectivity index (χ1v) is 7.32. The number of aliphatic hydroxyl groups is 1. The van der Waals surface area contributed by atoms with Crippen molar-refractivity contribution in [3.63, 3.8) is 0 Å². The number of ether oxygens (including phenoxy) is 1. The zero-order valence-electron chi connectivity index (χ0n) is 9.60. The molecule has 0 bridgehead atoms. The average Bonchev–Trinajstić information content (AvgIpc) is 2.46. The number of carbonyl (C=O) groups excluding carboxylic acids is 1. The van der Waals surface area contributed by atoms with Gasteiger partial charge in [-0.15, -0.1) is 0 Å². The van der Waals surface area contributed by atoms with E-state index in [1.807, 2.05) is 0 Å². The molecule has 0 radical (unpaired) electrons. The molecule has 0 aromatic heterocycles. The third-order valence-electron chi connectivity index (χ3n) is 2.95. The van der Waals surface area contributed by atoms with Crippen LogP contribution in [0.3, 0.4) is 0 Å². The van der Waals surface area contributed by atoms with E-state index < -0.39 is 26.7 Å². The molecule has 0 amide bonds. The van der Waals surface area contributed by atoms with Crippen LogP contribution in [0.2, 0.25) is 0 Å². The average molecular weight is 250 g/mol. The Morgan fingerprint density at radius 3 is 2.69 bits per heavy atom. The van der Waals surface area contributed by atoms with Gasteiger partial charge in [0.1, 0.15) is 0 Å². The van der Waals surface area contributed by atoms with E-state index in [9.17, 15) is 18.3 Å². The van der Waals surface area contributed by atoms with Crippen molar-refractivity contribution in [1.29, 1.82) is 0 Å². The summed E-state index contributed by atoms with van der Waals surface area (Å²) in [5.41, 5.74) is -1.44. The number of sulfone groups is 1. The van der Waals surface area contributed by atoms with Gasteiger partial charge in [-0.05, 0) is 26.2 Å². The molecule has 1 fully saturated rings. The lowest BCUT2D eigenvalue weighted by Crippen LogP contribution is -2.44. The monoisotopic (exact) mass is 250 g/mol. The van der Waals surface area contributed by atoms with Crippen molar-refractivity contribution in [2.24, 2.45) is 0 Å². The maximum atomic E-state index is 11.5. The van der Waals surface area contributed by atoms with Crippen LogP contribution < -0.4 is 0 Å². The lowest BCUT2D eigenvalue weighted by molar-refractivity contribution is -0.148. The molecule has 0 saturated heterocycles. The predicted molar refractivity (Wildman–Crippen MR) is 58.7 cm³/mol. The molecule has 2 unspecified atom stereocenters. The molecule has 1 N–H and O–H groups in total. The number of carbonyl (C=O) groups is 1. The van der Waals surface area contributed by atoms with Gasteiger partial charge in [-0.1, -0.05) is 0 Å². The van der Waals surface area contributed by atoms with Gasteiger partial charge < -0.3 is 9.84 Å². The molecule has 94 valence electrons. The van der Waals surface area contributed by atoms with Gasteiger partial charge in [-0.3, -0.25) is 4.79 Å². The first-order valence-electron chi connectivity index (χ1n) is 5.36. The summed E-state index contributed by atoms with van der Waals surface area (Å²) >= 11 is 0. The van der Waals surface area contributed by atoms with E-state index in [0.717, 1.165) is 6.26 Å². The molecule has 0 aromatic rings. The van der Waals surface area contributed by atoms with Crippen molar-refractivity contribution in [1.82, 2.24) is 0 Å². The molecule has 1 aliphatic rings. The molecule has 0 heterocycles. The summed E-state index contributed by atoms with van der Waals surface area (Å²) < 4.78 is 27.7. The van der Waals surface area contributed by atoms with Crippen LogP contribution in [0.15, 0.2) is 0 Å². The predicted octanol–water partition coefficient (Wildman–Crippen LogP) is 0.268. The highest BCUT2D eigenvalue weighted by atomic mass is 32.2. The Kier molecular flexibility index (Phi) is 3.96. The summed E-state index contributed by atoms with van der Waals surface area (Å²) in [6.07, 6.45) is 2.23. The first kappa shape index (κ1) is 13.4. The second-order valence-electron chi connectivity index (χ2n) is 4.30. The van der Waals surface area contributed by atoms with Gasteiger partial charge in [0.15, 0.2) is 9.84 Å². The molecule has 6 heteroatoms. The number of esters is 1. The van der Waals surface area contributed by atoms with Crippen molar-refractivity contribution in [2.45, 2.75) is 43.5 Å².